The Morgan fingerprint density at radius 3 is 2.55 bits per heavy atom. The number of hydrogen-bond donors (Lipinski definition) is 0. The fourth-order valence-electron chi connectivity index (χ4n) is 2.39. The van der Waals surface area contributed by atoms with Gasteiger partial charge in [-0.3, -0.25) is 4.99 Å². The molecule has 0 radical (unpaired) electrons. The maximum absolute atomic E-state index is 4.39. The van der Waals surface area contributed by atoms with Gasteiger partial charge < -0.3 is 0 Å². The minimum absolute atomic E-state index is 1.05. The van der Waals surface area contributed by atoms with E-state index in [1.165, 1.54) is 35.3 Å². The van der Waals surface area contributed by atoms with E-state index in [1.54, 1.807) is 0 Å². The molecule has 1 heteroatoms. The van der Waals surface area contributed by atoms with Crippen LogP contribution < -0.4 is 0 Å². The Morgan fingerprint density at radius 1 is 1.10 bits per heavy atom. The summed E-state index contributed by atoms with van der Waals surface area (Å²) in [5, 5.41) is 0. The molecule has 2 rings (SSSR count). The second-order valence-electron chi connectivity index (χ2n) is 5.19. The summed E-state index contributed by atoms with van der Waals surface area (Å²) in [5.41, 5.74) is 6.22. The summed E-state index contributed by atoms with van der Waals surface area (Å²) in [6.45, 7) is 4.28. The van der Waals surface area contributed by atoms with E-state index >= 15 is 0 Å². The molecule has 0 N–H and O–H groups in total. The van der Waals surface area contributed by atoms with Gasteiger partial charge in [-0.25, -0.2) is 0 Å². The molecule has 0 amide bonds. The van der Waals surface area contributed by atoms with Gasteiger partial charge in [0.2, 0.25) is 0 Å². The van der Waals surface area contributed by atoms with Gasteiger partial charge in [-0.15, -0.1) is 0 Å². The minimum Gasteiger partial charge on any atom is -0.292 e. The minimum atomic E-state index is 1.05. The maximum atomic E-state index is 4.39. The first kappa shape index (κ1) is 14.3. The average molecular weight is 263 g/mol. The number of rotatable bonds is 1. The summed E-state index contributed by atoms with van der Waals surface area (Å²) in [7, 11) is 1.87. The third kappa shape index (κ3) is 3.71. The molecule has 1 aliphatic rings. The smallest absolute Gasteiger partial charge is 0.0416 e. The van der Waals surface area contributed by atoms with Crippen LogP contribution in [-0.2, 0) is 0 Å². The third-order valence-electron chi connectivity index (χ3n) is 3.61. The Morgan fingerprint density at radius 2 is 1.85 bits per heavy atom. The van der Waals surface area contributed by atoms with Gasteiger partial charge in [0.1, 0.15) is 0 Å². The van der Waals surface area contributed by atoms with Crippen LogP contribution in [-0.4, -0.2) is 12.8 Å². The molecule has 1 aliphatic carbocycles. The molecule has 0 heterocycles. The van der Waals surface area contributed by atoms with Crippen molar-refractivity contribution in [3.05, 3.63) is 58.7 Å². The zero-order valence-corrected chi connectivity index (χ0v) is 12.5. The Balaban J connectivity index is 2.12. The molecule has 0 saturated heterocycles. The lowest BCUT2D eigenvalue weighted by atomic mass is 9.90. The number of benzene rings is 1. The van der Waals surface area contributed by atoms with Crippen molar-refractivity contribution in [2.75, 3.05) is 7.05 Å². The van der Waals surface area contributed by atoms with Crippen LogP contribution in [0.5, 0.6) is 0 Å². The Kier molecular flexibility index (Phi) is 4.96. The molecule has 0 saturated carbocycles. The van der Waals surface area contributed by atoms with Crippen LogP contribution in [0.2, 0.25) is 0 Å². The van der Waals surface area contributed by atoms with Crippen molar-refractivity contribution in [2.45, 2.75) is 33.1 Å². The first-order chi connectivity index (χ1) is 9.70. The number of hydrogen-bond acceptors (Lipinski definition) is 1. The molecule has 0 bridgehead atoms. The van der Waals surface area contributed by atoms with Crippen LogP contribution in [0.1, 0.15) is 37.3 Å². The lowest BCUT2D eigenvalue weighted by Gasteiger charge is -2.16. The number of aliphatic imine (C=N–C) groups is 1. The van der Waals surface area contributed by atoms with Gasteiger partial charge in [0.05, 0.1) is 0 Å². The normalized spacial score (nSPS) is 17.4. The summed E-state index contributed by atoms with van der Waals surface area (Å²) < 4.78 is 0. The van der Waals surface area contributed by atoms with E-state index in [1.807, 2.05) is 13.1 Å². The highest BCUT2D eigenvalue weighted by Crippen LogP contribution is 2.23. The molecule has 0 unspecified atom stereocenters. The summed E-state index contributed by atoms with van der Waals surface area (Å²) in [5.74, 6) is 6.27. The molecule has 0 atom stereocenters. The largest absolute Gasteiger partial charge is 0.292 e. The van der Waals surface area contributed by atoms with Gasteiger partial charge in [-0.1, -0.05) is 35.1 Å². The molecule has 20 heavy (non-hydrogen) atoms. The molecule has 0 spiro atoms. The summed E-state index contributed by atoms with van der Waals surface area (Å²) in [6.07, 6.45) is 7.51. The fourth-order valence-corrected chi connectivity index (χ4v) is 2.39. The molecule has 102 valence electrons. The van der Waals surface area contributed by atoms with Gasteiger partial charge in [0.25, 0.3) is 0 Å². The molecule has 1 aromatic rings. The van der Waals surface area contributed by atoms with Crippen molar-refractivity contribution in [1.29, 1.82) is 0 Å². The van der Waals surface area contributed by atoms with Crippen molar-refractivity contribution in [2.24, 2.45) is 4.99 Å². The van der Waals surface area contributed by atoms with Gasteiger partial charge in [0.15, 0.2) is 0 Å². The van der Waals surface area contributed by atoms with Crippen molar-refractivity contribution in [1.82, 2.24) is 0 Å². The monoisotopic (exact) mass is 263 g/mol. The molecule has 1 nitrogen and oxygen atoms in total. The van der Waals surface area contributed by atoms with Crippen molar-refractivity contribution in [3.8, 4) is 11.8 Å². The van der Waals surface area contributed by atoms with Gasteiger partial charge in [-0.05, 0) is 63.0 Å². The van der Waals surface area contributed by atoms with Crippen LogP contribution in [0.4, 0.5) is 0 Å². The van der Waals surface area contributed by atoms with Crippen molar-refractivity contribution < 1.29 is 0 Å². The average Bonchev–Trinajstić information content (AvgIpc) is 2.46. The maximum Gasteiger partial charge on any atom is 0.0416 e. The van der Waals surface area contributed by atoms with Crippen molar-refractivity contribution >= 4 is 5.71 Å². The number of allylic oxidation sites excluding steroid dienone is 4. The Hall–Kier alpha value is -2.07. The van der Waals surface area contributed by atoms with E-state index in [0.717, 1.165) is 12.0 Å². The molecule has 1 aromatic carbocycles. The topological polar surface area (TPSA) is 12.4 Å². The van der Waals surface area contributed by atoms with E-state index in [4.69, 9.17) is 0 Å². The Bertz CT molecular complexity index is 616. The predicted octanol–water partition coefficient (Wildman–Crippen LogP) is 4.47. The zero-order chi connectivity index (χ0) is 14.4. The van der Waals surface area contributed by atoms with Crippen LogP contribution >= 0.6 is 0 Å². The van der Waals surface area contributed by atoms with Crippen LogP contribution in [0.15, 0.2) is 52.6 Å². The molecule has 0 aliphatic heterocycles. The molecule has 0 fully saturated rings. The third-order valence-corrected chi connectivity index (χ3v) is 3.61. The van der Waals surface area contributed by atoms with Crippen LogP contribution in [0.3, 0.4) is 0 Å². The summed E-state index contributed by atoms with van der Waals surface area (Å²) in [6, 6.07) is 8.28. The Labute approximate surface area is 122 Å². The highest BCUT2D eigenvalue weighted by atomic mass is 14.7. The highest BCUT2D eigenvalue weighted by Gasteiger charge is 2.12. The lowest BCUT2D eigenvalue weighted by molar-refractivity contribution is 0.825. The summed E-state index contributed by atoms with van der Waals surface area (Å²) >= 11 is 0. The predicted molar refractivity (Wildman–Crippen MR) is 87.1 cm³/mol. The van der Waals surface area contributed by atoms with Crippen LogP contribution in [0.25, 0.3) is 0 Å². The first-order valence-electron chi connectivity index (χ1n) is 7.11. The fraction of sp³-hybridized carbons (Fsp3) is 0.316. The molecular weight excluding hydrogens is 242 g/mol. The number of nitrogens with zero attached hydrogens (tertiary/aromatic N) is 1. The SMILES string of the molecule is CN=C1CCCC(C)=C1/C=C/C#Cc1ccc(C)cc1. The van der Waals surface area contributed by atoms with Crippen LogP contribution in [0, 0.1) is 18.8 Å². The van der Waals surface area contributed by atoms with Crippen molar-refractivity contribution in [3.63, 3.8) is 0 Å². The standard InChI is InChI=1S/C19H21N/c1-15-11-13-17(14-12-15)8-4-5-9-18-16(2)7-6-10-19(18)20-3/h5,9,11-14H,6-7,10H2,1-3H3/b9-5+,20-19?. The van der Waals surface area contributed by atoms with Gasteiger partial charge in [-0.2, -0.15) is 0 Å². The second kappa shape index (κ2) is 6.91. The molecular formula is C19H21N. The highest BCUT2D eigenvalue weighted by molar-refractivity contribution is 6.03. The quantitative estimate of drug-likeness (QED) is 0.663. The van der Waals surface area contributed by atoms with Gasteiger partial charge >= 0.3 is 0 Å². The van der Waals surface area contributed by atoms with E-state index < -0.39 is 0 Å². The van der Waals surface area contributed by atoms with E-state index in [0.29, 0.717) is 0 Å². The zero-order valence-electron chi connectivity index (χ0n) is 12.5. The lowest BCUT2D eigenvalue weighted by Crippen LogP contribution is -2.09. The first-order valence-corrected chi connectivity index (χ1v) is 7.11. The second-order valence-corrected chi connectivity index (χ2v) is 5.19. The van der Waals surface area contributed by atoms with E-state index in [9.17, 15) is 0 Å². The van der Waals surface area contributed by atoms with E-state index in [-0.39, 0.29) is 0 Å². The summed E-state index contributed by atoms with van der Waals surface area (Å²) in [4.78, 5) is 4.39. The van der Waals surface area contributed by atoms with E-state index in [2.05, 4.69) is 61.0 Å². The number of aryl methyl sites for hydroxylation is 1. The molecule has 0 aromatic heterocycles. The van der Waals surface area contributed by atoms with Gasteiger partial charge in [0, 0.05) is 18.3 Å².